The Morgan fingerprint density at radius 1 is 0.519 bits per heavy atom. The van der Waals surface area contributed by atoms with E-state index in [1.165, 1.54) is 55.2 Å². The van der Waals surface area contributed by atoms with Crippen LogP contribution in [0, 0.1) is 38.5 Å². The third-order valence-corrected chi connectivity index (χ3v) is 6.02. The summed E-state index contributed by atoms with van der Waals surface area (Å²) in [5, 5.41) is 0. The second kappa shape index (κ2) is 10.7. The van der Waals surface area contributed by atoms with E-state index in [1.54, 1.807) is 11.1 Å². The van der Waals surface area contributed by atoms with E-state index < -0.39 is 0 Å². The summed E-state index contributed by atoms with van der Waals surface area (Å²) in [6, 6.07) is 15.3. The molecule has 0 aliphatic heterocycles. The van der Waals surface area contributed by atoms with Crippen LogP contribution >= 0.6 is 0 Å². The molecule has 148 valence electrons. The van der Waals surface area contributed by atoms with E-state index in [0.29, 0.717) is 0 Å². The molecule has 1 atom stereocenters. The molecule has 2 aliphatic carbocycles. The van der Waals surface area contributed by atoms with Gasteiger partial charge in [-0.05, 0) is 62.5 Å². The van der Waals surface area contributed by atoms with Gasteiger partial charge in [0.15, 0.2) is 0 Å². The molecule has 0 aromatic heterocycles. The van der Waals surface area contributed by atoms with Gasteiger partial charge in [-0.25, -0.2) is 0 Å². The summed E-state index contributed by atoms with van der Waals surface area (Å²) in [6.45, 7) is 13.4. The number of hydrogen-bond donors (Lipinski definition) is 0. The SMILES string of the molecule is CC1CCC(C)CC1.Cc1ccc(C)cc1.Cc1ccc2c(c1)CC(C)C2. The van der Waals surface area contributed by atoms with Crippen LogP contribution < -0.4 is 0 Å². The number of fused-ring (bicyclic) bond motifs is 1. The molecule has 0 spiro atoms. The largest absolute Gasteiger partial charge is 0.0625 e. The highest BCUT2D eigenvalue weighted by Gasteiger charge is 2.16. The topological polar surface area (TPSA) is 0 Å². The van der Waals surface area contributed by atoms with Gasteiger partial charge in [-0.15, -0.1) is 0 Å². The highest BCUT2D eigenvalue weighted by Crippen LogP contribution is 2.27. The van der Waals surface area contributed by atoms with Crippen molar-refractivity contribution in [1.29, 1.82) is 0 Å². The van der Waals surface area contributed by atoms with Crippen LogP contribution in [0.1, 0.15) is 74.3 Å². The van der Waals surface area contributed by atoms with Crippen LogP contribution in [0.2, 0.25) is 0 Å². The molecule has 27 heavy (non-hydrogen) atoms. The first-order chi connectivity index (χ1) is 12.8. The van der Waals surface area contributed by atoms with Gasteiger partial charge in [-0.3, -0.25) is 0 Å². The normalized spacial score (nSPS) is 23.4. The second-order valence-corrected chi connectivity index (χ2v) is 9.31. The molecule has 2 aromatic carbocycles. The van der Waals surface area contributed by atoms with Crippen LogP contribution in [0.4, 0.5) is 0 Å². The molecule has 2 aliphatic rings. The van der Waals surface area contributed by atoms with Crippen LogP contribution in [0.3, 0.4) is 0 Å². The maximum atomic E-state index is 2.37. The van der Waals surface area contributed by atoms with E-state index in [2.05, 4.69) is 84.0 Å². The van der Waals surface area contributed by atoms with Gasteiger partial charge in [0.1, 0.15) is 0 Å². The lowest BCUT2D eigenvalue weighted by molar-refractivity contribution is 0.308. The maximum Gasteiger partial charge on any atom is -0.0247 e. The van der Waals surface area contributed by atoms with Crippen molar-refractivity contribution in [1.82, 2.24) is 0 Å². The lowest BCUT2D eigenvalue weighted by atomic mass is 9.84. The van der Waals surface area contributed by atoms with Crippen molar-refractivity contribution >= 4 is 0 Å². The highest BCUT2D eigenvalue weighted by atomic mass is 14.2. The first kappa shape index (κ1) is 21.7. The smallest absolute Gasteiger partial charge is 0.0247 e. The van der Waals surface area contributed by atoms with E-state index >= 15 is 0 Å². The fourth-order valence-corrected chi connectivity index (χ4v) is 4.03. The van der Waals surface area contributed by atoms with Gasteiger partial charge in [-0.2, -0.15) is 0 Å². The van der Waals surface area contributed by atoms with Crippen LogP contribution in [0.5, 0.6) is 0 Å². The Labute approximate surface area is 168 Å². The maximum absolute atomic E-state index is 2.37. The fraction of sp³-hybridized carbons (Fsp3) is 0.556. The molecular formula is C27H40. The predicted molar refractivity (Wildman–Crippen MR) is 120 cm³/mol. The van der Waals surface area contributed by atoms with Crippen LogP contribution in [0.25, 0.3) is 0 Å². The molecule has 2 aromatic rings. The second-order valence-electron chi connectivity index (χ2n) is 9.31. The van der Waals surface area contributed by atoms with E-state index in [4.69, 9.17) is 0 Å². The van der Waals surface area contributed by atoms with E-state index in [9.17, 15) is 0 Å². The Morgan fingerprint density at radius 3 is 1.41 bits per heavy atom. The van der Waals surface area contributed by atoms with Crippen LogP contribution in [0.15, 0.2) is 42.5 Å². The van der Waals surface area contributed by atoms with Crippen molar-refractivity contribution < 1.29 is 0 Å². The predicted octanol–water partition coefficient (Wildman–Crippen LogP) is 7.87. The Balaban J connectivity index is 0.000000149. The molecule has 1 unspecified atom stereocenters. The third-order valence-electron chi connectivity index (χ3n) is 6.02. The third kappa shape index (κ3) is 7.91. The Bertz CT molecular complexity index is 641. The molecule has 0 saturated heterocycles. The van der Waals surface area contributed by atoms with Gasteiger partial charge in [-0.1, -0.05) is 106 Å². The summed E-state index contributed by atoms with van der Waals surface area (Å²) in [4.78, 5) is 0. The summed E-state index contributed by atoms with van der Waals surface area (Å²) in [7, 11) is 0. The highest BCUT2D eigenvalue weighted by molar-refractivity contribution is 5.35. The number of benzene rings is 2. The molecule has 4 rings (SSSR count). The fourth-order valence-electron chi connectivity index (χ4n) is 4.03. The van der Waals surface area contributed by atoms with Crippen molar-refractivity contribution in [3.05, 3.63) is 70.3 Å². The molecule has 0 heteroatoms. The average Bonchev–Trinajstić information content (AvgIpc) is 3.00. The Hall–Kier alpha value is -1.56. The number of rotatable bonds is 0. The van der Waals surface area contributed by atoms with Crippen molar-refractivity contribution in [2.75, 3.05) is 0 Å². The molecule has 1 saturated carbocycles. The zero-order valence-electron chi connectivity index (χ0n) is 18.5. The summed E-state index contributed by atoms with van der Waals surface area (Å²) in [5.41, 5.74) is 7.21. The Kier molecular flexibility index (Phi) is 8.61. The molecule has 0 nitrogen and oxygen atoms in total. The summed E-state index contributed by atoms with van der Waals surface area (Å²) >= 11 is 0. The van der Waals surface area contributed by atoms with Gasteiger partial charge in [0, 0.05) is 0 Å². The Morgan fingerprint density at radius 2 is 0.926 bits per heavy atom. The monoisotopic (exact) mass is 364 g/mol. The van der Waals surface area contributed by atoms with Crippen molar-refractivity contribution in [3.63, 3.8) is 0 Å². The quantitative estimate of drug-likeness (QED) is 0.446. The van der Waals surface area contributed by atoms with Gasteiger partial charge in [0.05, 0.1) is 0 Å². The van der Waals surface area contributed by atoms with Crippen LogP contribution in [-0.4, -0.2) is 0 Å². The van der Waals surface area contributed by atoms with Crippen molar-refractivity contribution in [3.8, 4) is 0 Å². The minimum absolute atomic E-state index is 0.867. The molecule has 0 amide bonds. The van der Waals surface area contributed by atoms with E-state index in [0.717, 1.165) is 17.8 Å². The number of hydrogen-bond acceptors (Lipinski definition) is 0. The minimum Gasteiger partial charge on any atom is -0.0625 e. The van der Waals surface area contributed by atoms with Crippen molar-refractivity contribution in [2.24, 2.45) is 17.8 Å². The molecule has 0 N–H and O–H groups in total. The molecule has 1 fully saturated rings. The summed E-state index contributed by atoms with van der Waals surface area (Å²) in [5.74, 6) is 2.91. The van der Waals surface area contributed by atoms with Crippen LogP contribution in [-0.2, 0) is 12.8 Å². The van der Waals surface area contributed by atoms with Gasteiger partial charge < -0.3 is 0 Å². The average molecular weight is 365 g/mol. The van der Waals surface area contributed by atoms with Gasteiger partial charge in [0.2, 0.25) is 0 Å². The molecule has 0 heterocycles. The number of aryl methyl sites for hydroxylation is 3. The molecule has 0 radical (unpaired) electrons. The van der Waals surface area contributed by atoms with Gasteiger partial charge in [0.25, 0.3) is 0 Å². The lowest BCUT2D eigenvalue weighted by Crippen LogP contribution is -2.08. The van der Waals surface area contributed by atoms with E-state index in [-0.39, 0.29) is 0 Å². The lowest BCUT2D eigenvalue weighted by Gasteiger charge is -2.22. The van der Waals surface area contributed by atoms with Crippen molar-refractivity contribution in [2.45, 2.75) is 80.1 Å². The summed E-state index contributed by atoms with van der Waals surface area (Å²) < 4.78 is 0. The van der Waals surface area contributed by atoms with E-state index in [1.807, 2.05) is 0 Å². The first-order valence-corrected chi connectivity index (χ1v) is 10.9. The zero-order valence-corrected chi connectivity index (χ0v) is 18.5. The van der Waals surface area contributed by atoms with Gasteiger partial charge >= 0.3 is 0 Å². The standard InChI is InChI=1S/C11H14.C8H16.C8H10/c1-8-3-4-10-6-9(2)7-11(10)5-8;2*1-7-3-5-8(2)6-4-7/h3-5,9H,6-7H2,1-2H3;7-8H,3-6H2,1-2H3;3-6H,1-2H3. The zero-order chi connectivity index (χ0) is 19.8. The molecule has 0 bridgehead atoms. The first-order valence-electron chi connectivity index (χ1n) is 10.9. The minimum atomic E-state index is 0.867. The summed E-state index contributed by atoms with van der Waals surface area (Å²) in [6.07, 6.45) is 8.47. The molecular weight excluding hydrogens is 324 g/mol.